The van der Waals surface area contributed by atoms with Crippen LogP contribution in [0.25, 0.3) is 16.5 Å². The van der Waals surface area contributed by atoms with Gasteiger partial charge >= 0.3 is 0 Å². The van der Waals surface area contributed by atoms with E-state index >= 15 is 0 Å². The van der Waals surface area contributed by atoms with Crippen LogP contribution in [0, 0.1) is 5.82 Å². The number of ether oxygens (including phenoxy) is 1. The van der Waals surface area contributed by atoms with E-state index in [1.807, 2.05) is 30.0 Å². The van der Waals surface area contributed by atoms with Gasteiger partial charge < -0.3 is 10.1 Å². The first kappa shape index (κ1) is 21.6. The second-order valence-electron chi connectivity index (χ2n) is 7.40. The molecule has 3 nitrogen and oxygen atoms in total. The van der Waals surface area contributed by atoms with Crippen LogP contribution >= 0.6 is 11.8 Å². The van der Waals surface area contributed by atoms with Crippen LogP contribution < -0.4 is 10.1 Å². The van der Waals surface area contributed by atoms with Crippen molar-refractivity contribution in [2.75, 3.05) is 23.9 Å². The number of anilines is 1. The highest BCUT2D eigenvalue weighted by Crippen LogP contribution is 2.38. The summed E-state index contributed by atoms with van der Waals surface area (Å²) in [5.74, 6) is 1.91. The Balaban J connectivity index is 1.74. The molecule has 7 heteroatoms. The van der Waals surface area contributed by atoms with Gasteiger partial charge in [-0.15, -0.1) is 0 Å². The van der Waals surface area contributed by atoms with Gasteiger partial charge in [-0.2, -0.15) is 11.8 Å². The van der Waals surface area contributed by atoms with Crippen molar-refractivity contribution in [1.29, 1.82) is 0 Å². The number of aromatic nitrogens is 1. The van der Waals surface area contributed by atoms with Gasteiger partial charge in [-0.1, -0.05) is 24.3 Å². The average Bonchev–Trinajstić information content (AvgIpc) is 2.78. The van der Waals surface area contributed by atoms with Crippen LogP contribution in [0.15, 0.2) is 48.7 Å². The molecule has 0 spiro atoms. The number of thioether (sulfide) groups is 1. The predicted octanol–water partition coefficient (Wildman–Crippen LogP) is 7.01. The third kappa shape index (κ3) is 4.37. The third-order valence-electron chi connectivity index (χ3n) is 5.50. The Morgan fingerprint density at radius 3 is 2.68 bits per heavy atom. The van der Waals surface area contributed by atoms with Crippen LogP contribution in [-0.2, 0) is 0 Å². The summed E-state index contributed by atoms with van der Waals surface area (Å²) in [6.45, 7) is 1.76. The van der Waals surface area contributed by atoms with Gasteiger partial charge in [0, 0.05) is 40.2 Å². The Morgan fingerprint density at radius 2 is 1.97 bits per heavy atom. The number of halogens is 3. The molecule has 162 valence electrons. The van der Waals surface area contributed by atoms with Gasteiger partial charge in [0.1, 0.15) is 11.6 Å². The number of allylic oxidation sites excluding steroid dienone is 1. The standard InChI is InChI=1S/C24H23F3N2OS/c1-14(16-4-3-5-17(23(16)25)24(26)27)29-20-6-9-28-21-13-22(30-2)18(12-19(20)21)15-7-10-31-11-8-15/h3-7,9,12-14,24H,8,10-11H2,1-2H3,(H,28,29)/t14-/m1/s1. The second-order valence-corrected chi connectivity index (χ2v) is 8.55. The molecule has 0 aliphatic carbocycles. The highest BCUT2D eigenvalue weighted by Gasteiger charge is 2.20. The first-order valence-corrected chi connectivity index (χ1v) is 11.2. The van der Waals surface area contributed by atoms with Crippen molar-refractivity contribution < 1.29 is 17.9 Å². The van der Waals surface area contributed by atoms with E-state index in [1.165, 1.54) is 17.7 Å². The van der Waals surface area contributed by atoms with Gasteiger partial charge in [-0.25, -0.2) is 13.2 Å². The molecule has 0 unspecified atom stereocenters. The summed E-state index contributed by atoms with van der Waals surface area (Å²) in [6, 6.07) is 9.35. The molecule has 0 amide bonds. The molecule has 1 N–H and O–H groups in total. The number of pyridine rings is 1. The topological polar surface area (TPSA) is 34.1 Å². The zero-order valence-corrected chi connectivity index (χ0v) is 18.1. The van der Waals surface area contributed by atoms with Crippen molar-refractivity contribution in [3.63, 3.8) is 0 Å². The molecule has 1 aromatic heterocycles. The van der Waals surface area contributed by atoms with E-state index in [9.17, 15) is 13.2 Å². The number of hydrogen-bond donors (Lipinski definition) is 1. The molecule has 2 aromatic carbocycles. The monoisotopic (exact) mass is 444 g/mol. The molecule has 1 atom stereocenters. The molecule has 1 aliphatic heterocycles. The molecule has 3 aromatic rings. The van der Waals surface area contributed by atoms with Crippen molar-refractivity contribution in [3.05, 3.63) is 71.2 Å². The summed E-state index contributed by atoms with van der Waals surface area (Å²) in [5.41, 5.74) is 3.36. The van der Waals surface area contributed by atoms with Crippen LogP contribution in [-0.4, -0.2) is 23.6 Å². The van der Waals surface area contributed by atoms with Crippen LogP contribution in [0.4, 0.5) is 18.9 Å². The summed E-state index contributed by atoms with van der Waals surface area (Å²) in [6.07, 6.45) is 1.98. The van der Waals surface area contributed by atoms with Crippen LogP contribution in [0.1, 0.15) is 42.5 Å². The van der Waals surface area contributed by atoms with E-state index < -0.39 is 23.8 Å². The van der Waals surface area contributed by atoms with Crippen LogP contribution in [0.3, 0.4) is 0 Å². The van der Waals surface area contributed by atoms with Gasteiger partial charge in [-0.05, 0) is 36.8 Å². The van der Waals surface area contributed by atoms with Gasteiger partial charge in [0.05, 0.1) is 24.2 Å². The maximum Gasteiger partial charge on any atom is 0.266 e. The fourth-order valence-electron chi connectivity index (χ4n) is 3.87. The molecule has 0 bridgehead atoms. The Bertz CT molecular complexity index is 1130. The van der Waals surface area contributed by atoms with Gasteiger partial charge in [-0.3, -0.25) is 4.98 Å². The molecule has 0 radical (unpaired) electrons. The Morgan fingerprint density at radius 1 is 1.16 bits per heavy atom. The molecule has 4 rings (SSSR count). The number of benzene rings is 2. The highest BCUT2D eigenvalue weighted by molar-refractivity contribution is 7.99. The summed E-state index contributed by atoms with van der Waals surface area (Å²) >= 11 is 1.89. The number of fused-ring (bicyclic) bond motifs is 1. The Labute approximate surface area is 183 Å². The summed E-state index contributed by atoms with van der Waals surface area (Å²) in [5, 5.41) is 4.16. The van der Waals surface area contributed by atoms with E-state index in [0.717, 1.165) is 51.9 Å². The van der Waals surface area contributed by atoms with Gasteiger partial charge in [0.15, 0.2) is 0 Å². The van der Waals surface area contributed by atoms with Gasteiger partial charge in [0.2, 0.25) is 0 Å². The lowest BCUT2D eigenvalue weighted by atomic mass is 9.98. The molecule has 0 saturated carbocycles. The first-order valence-electron chi connectivity index (χ1n) is 10.1. The molecular weight excluding hydrogens is 421 g/mol. The lowest BCUT2D eigenvalue weighted by Gasteiger charge is -2.21. The second kappa shape index (κ2) is 9.22. The molecule has 2 heterocycles. The van der Waals surface area contributed by atoms with E-state index in [1.54, 1.807) is 20.2 Å². The maximum atomic E-state index is 14.6. The van der Waals surface area contributed by atoms with Crippen LogP contribution in [0.5, 0.6) is 5.75 Å². The van der Waals surface area contributed by atoms with Crippen molar-refractivity contribution in [2.24, 2.45) is 0 Å². The zero-order chi connectivity index (χ0) is 22.0. The molecule has 0 fully saturated rings. The predicted molar refractivity (Wildman–Crippen MR) is 122 cm³/mol. The van der Waals surface area contributed by atoms with Crippen molar-refractivity contribution in [3.8, 4) is 5.75 Å². The molecule has 0 saturated heterocycles. The van der Waals surface area contributed by atoms with Crippen molar-refractivity contribution in [2.45, 2.75) is 25.8 Å². The smallest absolute Gasteiger partial charge is 0.266 e. The van der Waals surface area contributed by atoms with E-state index in [2.05, 4.69) is 16.4 Å². The first-order chi connectivity index (χ1) is 15.0. The lowest BCUT2D eigenvalue weighted by molar-refractivity contribution is 0.146. The minimum Gasteiger partial charge on any atom is -0.496 e. The van der Waals surface area contributed by atoms with E-state index in [-0.39, 0.29) is 5.56 Å². The van der Waals surface area contributed by atoms with E-state index in [4.69, 9.17) is 4.74 Å². The fraction of sp³-hybridized carbons (Fsp3) is 0.292. The number of alkyl halides is 2. The average molecular weight is 445 g/mol. The minimum absolute atomic E-state index is 0.198. The number of nitrogens with one attached hydrogen (secondary N) is 1. The zero-order valence-electron chi connectivity index (χ0n) is 17.3. The fourth-order valence-corrected chi connectivity index (χ4v) is 4.72. The van der Waals surface area contributed by atoms with Crippen LogP contribution in [0.2, 0.25) is 0 Å². The number of rotatable bonds is 6. The van der Waals surface area contributed by atoms with Gasteiger partial charge in [0.25, 0.3) is 6.43 Å². The number of methoxy groups -OCH3 is 1. The number of nitrogens with zero attached hydrogens (tertiary/aromatic N) is 1. The Kier molecular flexibility index (Phi) is 6.41. The maximum absolute atomic E-state index is 14.6. The lowest BCUT2D eigenvalue weighted by Crippen LogP contribution is -2.11. The normalized spacial score (nSPS) is 15.1. The Hall–Kier alpha value is -2.67. The minimum atomic E-state index is -2.86. The summed E-state index contributed by atoms with van der Waals surface area (Å²) in [4.78, 5) is 4.45. The van der Waals surface area contributed by atoms with E-state index in [0.29, 0.717) is 0 Å². The highest BCUT2D eigenvalue weighted by atomic mass is 32.2. The number of hydrogen-bond acceptors (Lipinski definition) is 4. The molecular formula is C24H23F3N2OS. The quantitative estimate of drug-likeness (QED) is 0.443. The molecule has 31 heavy (non-hydrogen) atoms. The largest absolute Gasteiger partial charge is 0.496 e. The SMILES string of the molecule is COc1cc2nccc(N[C@H](C)c3cccc(C(F)F)c3F)c2cc1C1=CCSCC1. The molecule has 1 aliphatic rings. The van der Waals surface area contributed by atoms with Crippen molar-refractivity contribution in [1.82, 2.24) is 4.98 Å². The summed E-state index contributed by atoms with van der Waals surface area (Å²) < 4.78 is 46.5. The van der Waals surface area contributed by atoms with Crippen molar-refractivity contribution >= 4 is 33.9 Å². The summed E-state index contributed by atoms with van der Waals surface area (Å²) in [7, 11) is 1.64. The third-order valence-corrected chi connectivity index (χ3v) is 6.40.